The zero-order valence-corrected chi connectivity index (χ0v) is 13.8. The summed E-state index contributed by atoms with van der Waals surface area (Å²) in [6.45, 7) is 9.85. The summed E-state index contributed by atoms with van der Waals surface area (Å²) in [5.41, 5.74) is 0.273. The first-order valence-electron chi connectivity index (χ1n) is 6.62. The quantitative estimate of drug-likeness (QED) is 0.806. The first-order valence-corrected chi connectivity index (χ1v) is 7.41. The maximum atomic E-state index is 9.72. The van der Waals surface area contributed by atoms with E-state index in [2.05, 4.69) is 35.1 Å². The lowest BCUT2D eigenvalue weighted by atomic mass is 10.1. The SMILES string of the molecule is CC(C)CNCc1cc(Br)ccc1OCC(C)(C)O. The average molecular weight is 330 g/mol. The Kier molecular flexibility index (Phi) is 6.30. The zero-order valence-electron chi connectivity index (χ0n) is 12.2. The highest BCUT2D eigenvalue weighted by molar-refractivity contribution is 9.10. The molecule has 19 heavy (non-hydrogen) atoms. The number of benzene rings is 1. The summed E-state index contributed by atoms with van der Waals surface area (Å²) in [5.74, 6) is 1.44. The van der Waals surface area contributed by atoms with Gasteiger partial charge in [-0.3, -0.25) is 0 Å². The summed E-state index contributed by atoms with van der Waals surface area (Å²) in [5, 5.41) is 13.1. The van der Waals surface area contributed by atoms with Gasteiger partial charge in [0.15, 0.2) is 0 Å². The van der Waals surface area contributed by atoms with Crippen LogP contribution in [0.15, 0.2) is 22.7 Å². The van der Waals surface area contributed by atoms with Gasteiger partial charge in [0.25, 0.3) is 0 Å². The van der Waals surface area contributed by atoms with Crippen molar-refractivity contribution < 1.29 is 9.84 Å². The van der Waals surface area contributed by atoms with E-state index in [4.69, 9.17) is 4.74 Å². The molecule has 0 aromatic heterocycles. The van der Waals surface area contributed by atoms with Gasteiger partial charge in [0.1, 0.15) is 12.4 Å². The standard InChI is InChI=1S/C15H24BrNO2/c1-11(2)8-17-9-12-7-13(16)5-6-14(12)19-10-15(3,4)18/h5-7,11,17-18H,8-10H2,1-4H3. The molecule has 1 rings (SSSR count). The van der Waals surface area contributed by atoms with Crippen LogP contribution < -0.4 is 10.1 Å². The minimum Gasteiger partial charge on any atom is -0.490 e. The molecule has 0 unspecified atom stereocenters. The topological polar surface area (TPSA) is 41.5 Å². The number of aliphatic hydroxyl groups is 1. The van der Waals surface area contributed by atoms with Gasteiger partial charge in [-0.25, -0.2) is 0 Å². The third kappa shape index (κ3) is 6.95. The second kappa shape index (κ2) is 7.27. The van der Waals surface area contributed by atoms with E-state index in [1.807, 2.05) is 18.2 Å². The molecule has 4 heteroatoms. The van der Waals surface area contributed by atoms with Crippen molar-refractivity contribution in [3.63, 3.8) is 0 Å². The lowest BCUT2D eigenvalue weighted by Crippen LogP contribution is -2.28. The van der Waals surface area contributed by atoms with Crippen LogP contribution in [0.2, 0.25) is 0 Å². The summed E-state index contributed by atoms with van der Waals surface area (Å²) < 4.78 is 6.74. The highest BCUT2D eigenvalue weighted by Crippen LogP contribution is 2.24. The zero-order chi connectivity index (χ0) is 14.5. The number of hydrogen-bond acceptors (Lipinski definition) is 3. The van der Waals surface area contributed by atoms with Gasteiger partial charge in [0, 0.05) is 16.6 Å². The van der Waals surface area contributed by atoms with Gasteiger partial charge in [0.2, 0.25) is 0 Å². The maximum Gasteiger partial charge on any atom is 0.124 e. The van der Waals surface area contributed by atoms with Crippen LogP contribution in [0.25, 0.3) is 0 Å². The van der Waals surface area contributed by atoms with Gasteiger partial charge in [-0.05, 0) is 44.5 Å². The van der Waals surface area contributed by atoms with Gasteiger partial charge in [0.05, 0.1) is 5.60 Å². The summed E-state index contributed by atoms with van der Waals surface area (Å²) in [4.78, 5) is 0. The first kappa shape index (κ1) is 16.5. The first-order chi connectivity index (χ1) is 8.78. The van der Waals surface area contributed by atoms with Crippen LogP contribution in [0.4, 0.5) is 0 Å². The van der Waals surface area contributed by atoms with E-state index in [1.165, 1.54) is 0 Å². The Morgan fingerprint density at radius 3 is 2.63 bits per heavy atom. The van der Waals surface area contributed by atoms with Crippen LogP contribution in [0.1, 0.15) is 33.3 Å². The smallest absolute Gasteiger partial charge is 0.124 e. The number of rotatable bonds is 7. The normalized spacial score (nSPS) is 11.9. The molecule has 1 aromatic carbocycles. The Labute approximate surface area is 124 Å². The molecule has 0 radical (unpaired) electrons. The van der Waals surface area contributed by atoms with Crippen molar-refractivity contribution in [1.82, 2.24) is 5.32 Å². The highest BCUT2D eigenvalue weighted by Gasteiger charge is 2.14. The monoisotopic (exact) mass is 329 g/mol. The molecule has 0 aliphatic heterocycles. The van der Waals surface area contributed by atoms with E-state index >= 15 is 0 Å². The van der Waals surface area contributed by atoms with Gasteiger partial charge in [-0.2, -0.15) is 0 Å². The molecular formula is C15H24BrNO2. The molecule has 0 aliphatic rings. The van der Waals surface area contributed by atoms with E-state index in [0.717, 1.165) is 28.9 Å². The van der Waals surface area contributed by atoms with Crippen LogP contribution in [0, 0.1) is 5.92 Å². The van der Waals surface area contributed by atoms with Crippen molar-refractivity contribution >= 4 is 15.9 Å². The second-order valence-corrected chi connectivity index (χ2v) is 6.79. The fraction of sp³-hybridized carbons (Fsp3) is 0.600. The van der Waals surface area contributed by atoms with Crippen LogP contribution in [0.3, 0.4) is 0 Å². The van der Waals surface area contributed by atoms with Crippen molar-refractivity contribution in [2.75, 3.05) is 13.2 Å². The molecule has 0 saturated heterocycles. The third-order valence-electron chi connectivity index (χ3n) is 2.47. The Balaban J connectivity index is 2.68. The maximum absolute atomic E-state index is 9.72. The third-order valence-corrected chi connectivity index (χ3v) is 2.96. The molecule has 0 atom stereocenters. The van der Waals surface area contributed by atoms with Crippen molar-refractivity contribution in [1.29, 1.82) is 0 Å². The van der Waals surface area contributed by atoms with Crippen LogP contribution in [-0.2, 0) is 6.54 Å². The Morgan fingerprint density at radius 2 is 2.05 bits per heavy atom. The van der Waals surface area contributed by atoms with Crippen LogP contribution in [0.5, 0.6) is 5.75 Å². The van der Waals surface area contributed by atoms with E-state index in [-0.39, 0.29) is 6.61 Å². The molecule has 0 aliphatic carbocycles. The lowest BCUT2D eigenvalue weighted by molar-refractivity contribution is 0.0281. The fourth-order valence-corrected chi connectivity index (χ4v) is 1.99. The van der Waals surface area contributed by atoms with Gasteiger partial charge in [-0.1, -0.05) is 29.8 Å². The van der Waals surface area contributed by atoms with E-state index in [0.29, 0.717) is 5.92 Å². The summed E-state index contributed by atoms with van der Waals surface area (Å²) in [6, 6.07) is 5.93. The highest BCUT2D eigenvalue weighted by atomic mass is 79.9. The van der Waals surface area contributed by atoms with E-state index in [1.54, 1.807) is 13.8 Å². The van der Waals surface area contributed by atoms with Gasteiger partial charge >= 0.3 is 0 Å². The molecule has 108 valence electrons. The molecule has 0 fully saturated rings. The average Bonchev–Trinajstić information content (AvgIpc) is 2.26. The minimum atomic E-state index is -0.824. The Bertz CT molecular complexity index is 400. The Hall–Kier alpha value is -0.580. The molecule has 2 N–H and O–H groups in total. The number of nitrogens with one attached hydrogen (secondary N) is 1. The van der Waals surface area contributed by atoms with Crippen LogP contribution in [-0.4, -0.2) is 23.9 Å². The minimum absolute atomic E-state index is 0.284. The number of ether oxygens (including phenoxy) is 1. The summed E-state index contributed by atoms with van der Waals surface area (Å²) >= 11 is 3.48. The summed E-state index contributed by atoms with van der Waals surface area (Å²) in [6.07, 6.45) is 0. The van der Waals surface area contributed by atoms with Gasteiger partial charge < -0.3 is 15.2 Å². The van der Waals surface area contributed by atoms with Crippen molar-refractivity contribution in [3.8, 4) is 5.75 Å². The predicted octanol–water partition coefficient (Wildman–Crippen LogP) is 3.34. The van der Waals surface area contributed by atoms with Gasteiger partial charge in [-0.15, -0.1) is 0 Å². The molecule has 0 bridgehead atoms. The van der Waals surface area contributed by atoms with Crippen molar-refractivity contribution in [3.05, 3.63) is 28.2 Å². The van der Waals surface area contributed by atoms with Crippen LogP contribution >= 0.6 is 15.9 Å². The summed E-state index contributed by atoms with van der Waals surface area (Å²) in [7, 11) is 0. The van der Waals surface area contributed by atoms with E-state index < -0.39 is 5.60 Å². The van der Waals surface area contributed by atoms with Crippen molar-refractivity contribution in [2.45, 2.75) is 39.8 Å². The Morgan fingerprint density at radius 1 is 1.37 bits per heavy atom. The molecule has 3 nitrogen and oxygen atoms in total. The largest absolute Gasteiger partial charge is 0.490 e. The fourth-order valence-electron chi connectivity index (χ4n) is 1.58. The molecule has 0 spiro atoms. The predicted molar refractivity (Wildman–Crippen MR) is 82.5 cm³/mol. The molecular weight excluding hydrogens is 306 g/mol. The number of hydrogen-bond donors (Lipinski definition) is 2. The molecule has 0 heterocycles. The second-order valence-electron chi connectivity index (χ2n) is 5.88. The number of halogens is 1. The van der Waals surface area contributed by atoms with Crippen molar-refractivity contribution in [2.24, 2.45) is 5.92 Å². The van der Waals surface area contributed by atoms with E-state index in [9.17, 15) is 5.11 Å². The lowest BCUT2D eigenvalue weighted by Gasteiger charge is -2.20. The molecule has 1 aromatic rings. The molecule has 0 saturated carbocycles. The molecule has 0 amide bonds.